The summed E-state index contributed by atoms with van der Waals surface area (Å²) in [5.41, 5.74) is 1.40. The Hall–Kier alpha value is -2.61. The minimum absolute atomic E-state index is 0.234. The molecule has 0 aliphatic carbocycles. The Kier molecular flexibility index (Phi) is 6.75. The van der Waals surface area contributed by atoms with Gasteiger partial charge in [0.15, 0.2) is 18.2 Å². The Balaban J connectivity index is 1.35. The average molecular weight is 427 g/mol. The average Bonchev–Trinajstić information content (AvgIpc) is 3.17. The number of imide groups is 1. The van der Waals surface area contributed by atoms with Crippen molar-refractivity contribution in [3.8, 4) is 0 Å². The molecule has 2 atom stereocenters. The highest BCUT2D eigenvalue weighted by Gasteiger charge is 2.49. The third-order valence-electron chi connectivity index (χ3n) is 6.53. The number of hydrogen-bond donors (Lipinski definition) is 1. The summed E-state index contributed by atoms with van der Waals surface area (Å²) in [6, 6.07) is 9.86. The number of likely N-dealkylation sites (N-methyl/N-ethyl adjacent to an activating group) is 1. The van der Waals surface area contributed by atoms with Crippen LogP contribution in [0.1, 0.15) is 31.7 Å². The van der Waals surface area contributed by atoms with E-state index in [9.17, 15) is 9.59 Å². The highest BCUT2D eigenvalue weighted by molar-refractivity contribution is 6.03. The molecule has 0 radical (unpaired) electrons. The number of aryl methyl sites for hydroxylation is 1. The zero-order valence-corrected chi connectivity index (χ0v) is 18.7. The van der Waals surface area contributed by atoms with Crippen molar-refractivity contribution in [2.24, 2.45) is 4.99 Å². The van der Waals surface area contributed by atoms with Crippen molar-refractivity contribution in [2.75, 3.05) is 46.3 Å². The number of piperazine rings is 1. The fourth-order valence-corrected chi connectivity index (χ4v) is 4.67. The minimum Gasteiger partial charge on any atom is -0.340 e. The SMILES string of the molecule is CCCCN1C(N2CCN(CCCc3ccccc3)CC2)=NC2C1C(=O)NC(=O)N2C. The van der Waals surface area contributed by atoms with Crippen molar-refractivity contribution in [1.29, 1.82) is 0 Å². The van der Waals surface area contributed by atoms with Gasteiger partial charge >= 0.3 is 6.03 Å². The van der Waals surface area contributed by atoms with Crippen LogP contribution in [0.3, 0.4) is 0 Å². The molecule has 1 N–H and O–H groups in total. The minimum atomic E-state index is -0.433. The number of benzene rings is 1. The third kappa shape index (κ3) is 4.69. The van der Waals surface area contributed by atoms with Crippen LogP contribution in [0.5, 0.6) is 0 Å². The predicted octanol–water partition coefficient (Wildman–Crippen LogP) is 1.58. The number of fused-ring (bicyclic) bond motifs is 1. The molecule has 4 rings (SSSR count). The Morgan fingerprint density at radius 2 is 1.77 bits per heavy atom. The van der Waals surface area contributed by atoms with E-state index in [4.69, 9.17) is 4.99 Å². The maximum atomic E-state index is 12.6. The van der Waals surface area contributed by atoms with Gasteiger partial charge in [-0.15, -0.1) is 0 Å². The van der Waals surface area contributed by atoms with Crippen LogP contribution in [0, 0.1) is 0 Å². The number of carbonyl (C=O) groups is 2. The van der Waals surface area contributed by atoms with Gasteiger partial charge in [-0.2, -0.15) is 0 Å². The van der Waals surface area contributed by atoms with Gasteiger partial charge in [-0.1, -0.05) is 43.7 Å². The molecule has 168 valence electrons. The molecule has 1 aromatic rings. The Labute approximate surface area is 184 Å². The summed E-state index contributed by atoms with van der Waals surface area (Å²) in [6.45, 7) is 7.80. The van der Waals surface area contributed by atoms with E-state index in [1.165, 1.54) is 5.56 Å². The zero-order valence-electron chi connectivity index (χ0n) is 18.7. The fraction of sp³-hybridized carbons (Fsp3) is 0.609. The van der Waals surface area contributed by atoms with E-state index in [1.54, 1.807) is 11.9 Å². The molecule has 8 nitrogen and oxygen atoms in total. The van der Waals surface area contributed by atoms with Gasteiger partial charge < -0.3 is 14.7 Å². The van der Waals surface area contributed by atoms with Crippen LogP contribution in [0.25, 0.3) is 0 Å². The van der Waals surface area contributed by atoms with E-state index in [-0.39, 0.29) is 11.9 Å². The molecule has 2 saturated heterocycles. The number of unbranched alkanes of at least 4 members (excludes halogenated alkanes) is 1. The summed E-state index contributed by atoms with van der Waals surface area (Å²) in [7, 11) is 1.72. The van der Waals surface area contributed by atoms with Crippen molar-refractivity contribution in [1.82, 2.24) is 24.9 Å². The van der Waals surface area contributed by atoms with Crippen LogP contribution in [-0.2, 0) is 11.2 Å². The lowest BCUT2D eigenvalue weighted by Crippen LogP contribution is -2.64. The number of amides is 3. The monoisotopic (exact) mass is 426 g/mol. The maximum Gasteiger partial charge on any atom is 0.325 e. The summed E-state index contributed by atoms with van der Waals surface area (Å²) in [4.78, 5) is 38.1. The van der Waals surface area contributed by atoms with Gasteiger partial charge in [0.2, 0.25) is 0 Å². The van der Waals surface area contributed by atoms with E-state index >= 15 is 0 Å². The first-order valence-electron chi connectivity index (χ1n) is 11.5. The highest BCUT2D eigenvalue weighted by atomic mass is 16.2. The lowest BCUT2D eigenvalue weighted by Gasteiger charge is -2.40. The van der Waals surface area contributed by atoms with Crippen LogP contribution in [0.4, 0.5) is 4.79 Å². The van der Waals surface area contributed by atoms with Crippen molar-refractivity contribution in [3.63, 3.8) is 0 Å². The van der Waals surface area contributed by atoms with Gasteiger partial charge in [0, 0.05) is 39.8 Å². The largest absolute Gasteiger partial charge is 0.340 e. The van der Waals surface area contributed by atoms with Crippen molar-refractivity contribution in [2.45, 2.75) is 44.8 Å². The molecule has 3 heterocycles. The van der Waals surface area contributed by atoms with Gasteiger partial charge in [-0.25, -0.2) is 9.79 Å². The standard InChI is InChI=1S/C23H34N6O2/c1-3-4-13-29-19-20(26(2)23(31)25-21(19)30)24-22(29)28-16-14-27(15-17-28)12-8-11-18-9-6-5-7-10-18/h5-7,9-10,19-20H,3-4,8,11-17H2,1-2H3,(H,25,30,31). The van der Waals surface area contributed by atoms with Crippen LogP contribution < -0.4 is 5.32 Å². The quantitative estimate of drug-likeness (QED) is 0.717. The summed E-state index contributed by atoms with van der Waals surface area (Å²) >= 11 is 0. The Bertz CT molecular complexity index is 806. The number of nitrogens with zero attached hydrogens (tertiary/aromatic N) is 5. The smallest absolute Gasteiger partial charge is 0.325 e. The maximum absolute atomic E-state index is 12.6. The van der Waals surface area contributed by atoms with E-state index in [2.05, 4.69) is 57.3 Å². The number of urea groups is 1. The second-order valence-corrected chi connectivity index (χ2v) is 8.66. The van der Waals surface area contributed by atoms with Crippen LogP contribution in [-0.4, -0.2) is 96.0 Å². The summed E-state index contributed by atoms with van der Waals surface area (Å²) < 4.78 is 0. The molecule has 8 heteroatoms. The van der Waals surface area contributed by atoms with Crippen molar-refractivity contribution < 1.29 is 9.59 Å². The summed E-state index contributed by atoms with van der Waals surface area (Å²) in [5, 5.41) is 2.48. The Morgan fingerprint density at radius 3 is 2.48 bits per heavy atom. The highest BCUT2D eigenvalue weighted by Crippen LogP contribution is 2.26. The first kappa shape index (κ1) is 21.6. The van der Waals surface area contributed by atoms with E-state index in [0.29, 0.717) is 0 Å². The first-order valence-corrected chi connectivity index (χ1v) is 11.5. The molecule has 0 spiro atoms. The molecule has 3 aliphatic rings. The molecule has 2 unspecified atom stereocenters. The van der Waals surface area contributed by atoms with Gasteiger partial charge in [0.1, 0.15) is 0 Å². The zero-order chi connectivity index (χ0) is 21.8. The number of nitrogens with one attached hydrogen (secondary N) is 1. The summed E-state index contributed by atoms with van der Waals surface area (Å²) in [6.07, 6.45) is 3.87. The fourth-order valence-electron chi connectivity index (χ4n) is 4.67. The lowest BCUT2D eigenvalue weighted by molar-refractivity contribution is -0.127. The van der Waals surface area contributed by atoms with Crippen molar-refractivity contribution >= 4 is 17.9 Å². The van der Waals surface area contributed by atoms with Crippen LogP contribution in [0.15, 0.2) is 35.3 Å². The molecule has 0 aromatic heterocycles. The van der Waals surface area contributed by atoms with Gasteiger partial charge in [-0.05, 0) is 31.4 Å². The predicted molar refractivity (Wildman–Crippen MR) is 121 cm³/mol. The first-order chi connectivity index (χ1) is 15.1. The van der Waals surface area contributed by atoms with Crippen LogP contribution >= 0.6 is 0 Å². The second-order valence-electron chi connectivity index (χ2n) is 8.66. The number of aliphatic imine (C=N–C) groups is 1. The number of carbonyl (C=O) groups excluding carboxylic acids is 2. The Morgan fingerprint density at radius 1 is 1.03 bits per heavy atom. The summed E-state index contributed by atoms with van der Waals surface area (Å²) in [5.74, 6) is 0.645. The van der Waals surface area contributed by atoms with E-state index in [0.717, 1.165) is 70.9 Å². The molecular formula is C23H34N6O2. The van der Waals surface area contributed by atoms with E-state index in [1.807, 2.05) is 0 Å². The second kappa shape index (κ2) is 9.68. The van der Waals surface area contributed by atoms with Gasteiger partial charge in [0.05, 0.1) is 0 Å². The molecule has 2 fully saturated rings. The molecule has 3 amide bonds. The number of rotatable bonds is 7. The van der Waals surface area contributed by atoms with E-state index < -0.39 is 12.2 Å². The molecule has 31 heavy (non-hydrogen) atoms. The normalized spacial score (nSPS) is 24.3. The molecular weight excluding hydrogens is 392 g/mol. The molecule has 0 bridgehead atoms. The lowest BCUT2D eigenvalue weighted by atomic mass is 10.1. The molecule has 1 aromatic carbocycles. The number of guanidine groups is 1. The van der Waals surface area contributed by atoms with Gasteiger partial charge in [0.25, 0.3) is 5.91 Å². The van der Waals surface area contributed by atoms with Crippen molar-refractivity contribution in [3.05, 3.63) is 35.9 Å². The topological polar surface area (TPSA) is 71.5 Å². The van der Waals surface area contributed by atoms with Gasteiger partial charge in [-0.3, -0.25) is 15.0 Å². The molecule has 0 saturated carbocycles. The number of hydrogen-bond acceptors (Lipinski definition) is 6. The van der Waals surface area contributed by atoms with Crippen LogP contribution in [0.2, 0.25) is 0 Å². The molecule has 3 aliphatic heterocycles. The third-order valence-corrected chi connectivity index (χ3v) is 6.53.